The first-order valence-electron chi connectivity index (χ1n) is 9.78. The predicted molar refractivity (Wildman–Crippen MR) is 95.0 cm³/mol. The molecule has 1 aliphatic heterocycles. The average molecular weight is 311 g/mol. The Morgan fingerprint density at radius 1 is 0.909 bits per heavy atom. The second-order valence-electron chi connectivity index (χ2n) is 6.93. The lowest BCUT2D eigenvalue weighted by Crippen LogP contribution is -2.35. The maximum atomic E-state index is 12.3. The molecule has 3 heteroatoms. The Hall–Kier alpha value is -0.570. The highest BCUT2D eigenvalue weighted by atomic mass is 16.1. The average Bonchev–Trinajstić information content (AvgIpc) is 2.99. The summed E-state index contributed by atoms with van der Waals surface area (Å²) in [5.41, 5.74) is 0. The van der Waals surface area contributed by atoms with Crippen LogP contribution >= 0.6 is 0 Å². The van der Waals surface area contributed by atoms with E-state index in [-0.39, 0.29) is 11.8 Å². The molecule has 130 valence electrons. The van der Waals surface area contributed by atoms with Gasteiger partial charge < -0.3 is 10.6 Å². The van der Waals surface area contributed by atoms with Gasteiger partial charge in [0.25, 0.3) is 0 Å². The summed E-state index contributed by atoms with van der Waals surface area (Å²) in [5, 5.41) is 6.57. The van der Waals surface area contributed by atoms with Gasteiger partial charge in [0.1, 0.15) is 0 Å². The molecule has 1 aliphatic rings. The summed E-state index contributed by atoms with van der Waals surface area (Å²) in [6.45, 7) is 7.24. The summed E-state index contributed by atoms with van der Waals surface area (Å²) in [6.07, 6.45) is 14.2. The highest BCUT2D eigenvalue weighted by molar-refractivity contribution is 5.79. The first-order valence-corrected chi connectivity index (χ1v) is 9.78. The molecule has 0 aromatic carbocycles. The molecule has 0 saturated carbocycles. The van der Waals surface area contributed by atoms with Crippen LogP contribution in [0.2, 0.25) is 0 Å². The second-order valence-corrected chi connectivity index (χ2v) is 6.93. The lowest BCUT2D eigenvalue weighted by atomic mass is 9.90. The fourth-order valence-electron chi connectivity index (χ4n) is 3.42. The third-order valence-electron chi connectivity index (χ3n) is 4.93. The van der Waals surface area contributed by atoms with Crippen molar-refractivity contribution in [2.24, 2.45) is 11.8 Å². The standard InChI is InChI=1S/C19H38N2O/c1-3-5-7-9-10-11-13-17-15-20-16-18(17)19(22)21-14-12-8-6-4-2/h17-18,20H,3-16H2,1-2H3,(H,21,22). The molecule has 0 radical (unpaired) electrons. The van der Waals surface area contributed by atoms with Crippen LogP contribution in [-0.4, -0.2) is 25.5 Å². The van der Waals surface area contributed by atoms with E-state index in [1.54, 1.807) is 0 Å². The third-order valence-corrected chi connectivity index (χ3v) is 4.93. The molecule has 0 aromatic heterocycles. The Balaban J connectivity index is 2.12. The van der Waals surface area contributed by atoms with Crippen LogP contribution in [0.4, 0.5) is 0 Å². The van der Waals surface area contributed by atoms with Gasteiger partial charge in [-0.15, -0.1) is 0 Å². The van der Waals surface area contributed by atoms with E-state index in [0.29, 0.717) is 5.92 Å². The van der Waals surface area contributed by atoms with Crippen LogP contribution in [-0.2, 0) is 4.79 Å². The zero-order chi connectivity index (χ0) is 16.0. The molecule has 0 spiro atoms. The molecule has 1 amide bonds. The lowest BCUT2D eigenvalue weighted by molar-refractivity contribution is -0.125. The summed E-state index contributed by atoms with van der Waals surface area (Å²) >= 11 is 0. The molecule has 1 saturated heterocycles. The number of hydrogen-bond acceptors (Lipinski definition) is 2. The van der Waals surface area contributed by atoms with Gasteiger partial charge in [0, 0.05) is 13.1 Å². The van der Waals surface area contributed by atoms with Crippen LogP contribution in [0.15, 0.2) is 0 Å². The topological polar surface area (TPSA) is 41.1 Å². The normalized spacial score (nSPS) is 21.2. The molecule has 1 rings (SSSR count). The Bertz CT molecular complexity index is 281. The number of nitrogens with one attached hydrogen (secondary N) is 2. The van der Waals surface area contributed by atoms with Crippen molar-refractivity contribution in [3.63, 3.8) is 0 Å². The maximum absolute atomic E-state index is 12.3. The summed E-state index contributed by atoms with van der Waals surface area (Å²) in [6, 6.07) is 0. The quantitative estimate of drug-likeness (QED) is 0.499. The van der Waals surface area contributed by atoms with Crippen molar-refractivity contribution in [2.75, 3.05) is 19.6 Å². The van der Waals surface area contributed by atoms with E-state index in [0.717, 1.165) is 26.1 Å². The predicted octanol–water partition coefficient (Wildman–Crippen LogP) is 4.27. The second kappa shape index (κ2) is 12.9. The Kier molecular flexibility index (Phi) is 11.4. The zero-order valence-electron chi connectivity index (χ0n) is 15.0. The molecule has 2 atom stereocenters. The van der Waals surface area contributed by atoms with Gasteiger partial charge in [-0.25, -0.2) is 0 Å². The molecule has 0 bridgehead atoms. The molecule has 2 N–H and O–H groups in total. The summed E-state index contributed by atoms with van der Waals surface area (Å²) in [4.78, 5) is 12.3. The first kappa shape index (κ1) is 19.5. The number of rotatable bonds is 13. The number of unbranched alkanes of at least 4 members (excludes halogenated alkanes) is 8. The Morgan fingerprint density at radius 2 is 1.55 bits per heavy atom. The van der Waals surface area contributed by atoms with Gasteiger partial charge in [0.15, 0.2) is 0 Å². The molecular weight excluding hydrogens is 272 g/mol. The van der Waals surface area contributed by atoms with Gasteiger partial charge in [0.05, 0.1) is 5.92 Å². The molecule has 3 nitrogen and oxygen atoms in total. The van der Waals surface area contributed by atoms with Crippen molar-refractivity contribution in [1.29, 1.82) is 0 Å². The van der Waals surface area contributed by atoms with Gasteiger partial charge in [-0.2, -0.15) is 0 Å². The number of carbonyl (C=O) groups excluding carboxylic acids is 1. The van der Waals surface area contributed by atoms with E-state index >= 15 is 0 Å². The minimum absolute atomic E-state index is 0.210. The fraction of sp³-hybridized carbons (Fsp3) is 0.947. The number of carbonyl (C=O) groups is 1. The maximum Gasteiger partial charge on any atom is 0.224 e. The summed E-state index contributed by atoms with van der Waals surface area (Å²) < 4.78 is 0. The van der Waals surface area contributed by atoms with E-state index in [1.165, 1.54) is 64.2 Å². The number of amides is 1. The van der Waals surface area contributed by atoms with Crippen molar-refractivity contribution >= 4 is 5.91 Å². The van der Waals surface area contributed by atoms with E-state index in [2.05, 4.69) is 24.5 Å². The van der Waals surface area contributed by atoms with E-state index in [9.17, 15) is 4.79 Å². The number of hydrogen-bond donors (Lipinski definition) is 2. The smallest absolute Gasteiger partial charge is 0.224 e. The highest BCUT2D eigenvalue weighted by Crippen LogP contribution is 2.23. The van der Waals surface area contributed by atoms with Crippen LogP contribution in [0.5, 0.6) is 0 Å². The van der Waals surface area contributed by atoms with Crippen LogP contribution < -0.4 is 10.6 Å². The van der Waals surface area contributed by atoms with Crippen molar-refractivity contribution in [2.45, 2.75) is 84.5 Å². The highest BCUT2D eigenvalue weighted by Gasteiger charge is 2.31. The first-order chi connectivity index (χ1) is 10.8. The monoisotopic (exact) mass is 310 g/mol. The van der Waals surface area contributed by atoms with Crippen LogP contribution in [0.25, 0.3) is 0 Å². The third kappa shape index (κ3) is 8.17. The molecule has 2 unspecified atom stereocenters. The molecule has 0 aliphatic carbocycles. The van der Waals surface area contributed by atoms with Gasteiger partial charge in [-0.1, -0.05) is 71.6 Å². The molecule has 1 heterocycles. The van der Waals surface area contributed by atoms with Crippen LogP contribution in [0, 0.1) is 11.8 Å². The van der Waals surface area contributed by atoms with E-state index in [4.69, 9.17) is 0 Å². The van der Waals surface area contributed by atoms with Crippen LogP contribution in [0.1, 0.15) is 84.5 Å². The van der Waals surface area contributed by atoms with E-state index in [1.807, 2.05) is 0 Å². The van der Waals surface area contributed by atoms with Gasteiger partial charge in [-0.3, -0.25) is 4.79 Å². The molecule has 0 aromatic rings. The van der Waals surface area contributed by atoms with Crippen molar-refractivity contribution < 1.29 is 4.79 Å². The van der Waals surface area contributed by atoms with Gasteiger partial charge in [0.2, 0.25) is 5.91 Å². The van der Waals surface area contributed by atoms with Gasteiger partial charge >= 0.3 is 0 Å². The molecule has 22 heavy (non-hydrogen) atoms. The van der Waals surface area contributed by atoms with Crippen molar-refractivity contribution in [3.05, 3.63) is 0 Å². The SMILES string of the molecule is CCCCCCCCC1CNCC1C(=O)NCCCCCC. The molecular formula is C19H38N2O. The fourth-order valence-corrected chi connectivity index (χ4v) is 3.42. The lowest BCUT2D eigenvalue weighted by Gasteiger charge is -2.18. The van der Waals surface area contributed by atoms with Crippen molar-refractivity contribution in [3.8, 4) is 0 Å². The molecule has 1 fully saturated rings. The minimum Gasteiger partial charge on any atom is -0.356 e. The van der Waals surface area contributed by atoms with Gasteiger partial charge in [-0.05, 0) is 25.3 Å². The largest absolute Gasteiger partial charge is 0.356 e. The van der Waals surface area contributed by atoms with Crippen LogP contribution in [0.3, 0.4) is 0 Å². The summed E-state index contributed by atoms with van der Waals surface area (Å²) in [7, 11) is 0. The Labute approximate surface area is 138 Å². The zero-order valence-corrected chi connectivity index (χ0v) is 15.0. The van der Waals surface area contributed by atoms with Crippen molar-refractivity contribution in [1.82, 2.24) is 10.6 Å². The van der Waals surface area contributed by atoms with E-state index < -0.39 is 0 Å². The Morgan fingerprint density at radius 3 is 2.27 bits per heavy atom. The summed E-state index contributed by atoms with van der Waals surface area (Å²) in [5.74, 6) is 1.06. The minimum atomic E-state index is 0.210.